The van der Waals surface area contributed by atoms with E-state index in [-0.39, 0.29) is 11.9 Å². The van der Waals surface area contributed by atoms with Gasteiger partial charge in [0.15, 0.2) is 0 Å². The number of aryl methyl sites for hydroxylation is 1. The van der Waals surface area contributed by atoms with Gasteiger partial charge in [-0.05, 0) is 25.2 Å². The van der Waals surface area contributed by atoms with Crippen LogP contribution >= 0.6 is 11.8 Å². The molecule has 1 N–H and O–H groups in total. The molecule has 0 radical (unpaired) electrons. The minimum atomic E-state index is -0.120. The fourth-order valence-electron chi connectivity index (χ4n) is 2.47. The SMILES string of the molecule is CN[C@H]1CSc2cc3c(ccn3C)cc2N(C)C1=O. The number of hydrogen-bond donors (Lipinski definition) is 1. The Labute approximate surface area is 116 Å². The Morgan fingerprint density at radius 2 is 2.16 bits per heavy atom. The second-order valence-electron chi connectivity index (χ2n) is 4.85. The first kappa shape index (κ1) is 12.6. The number of carbonyl (C=O) groups excluding carboxylic acids is 1. The zero-order chi connectivity index (χ0) is 13.6. The van der Waals surface area contributed by atoms with E-state index in [2.05, 4.69) is 28.1 Å². The zero-order valence-electron chi connectivity index (χ0n) is 11.3. The lowest BCUT2D eigenvalue weighted by molar-refractivity contribution is -0.119. The molecule has 0 aliphatic carbocycles. The molecule has 0 unspecified atom stereocenters. The predicted molar refractivity (Wildman–Crippen MR) is 79.9 cm³/mol. The van der Waals surface area contributed by atoms with Gasteiger partial charge in [-0.1, -0.05) is 0 Å². The molecule has 1 aliphatic rings. The van der Waals surface area contributed by atoms with Crippen LogP contribution in [0.15, 0.2) is 29.3 Å². The summed E-state index contributed by atoms with van der Waals surface area (Å²) in [5.41, 5.74) is 2.21. The van der Waals surface area contributed by atoms with Crippen LogP contribution in [0.4, 0.5) is 5.69 Å². The first-order chi connectivity index (χ1) is 9.11. The van der Waals surface area contributed by atoms with Crippen molar-refractivity contribution in [3.8, 4) is 0 Å². The zero-order valence-corrected chi connectivity index (χ0v) is 12.1. The van der Waals surface area contributed by atoms with Crippen molar-refractivity contribution < 1.29 is 4.79 Å². The fraction of sp³-hybridized carbons (Fsp3) is 0.357. The van der Waals surface area contributed by atoms with Crippen molar-refractivity contribution >= 4 is 34.3 Å². The third kappa shape index (κ3) is 1.93. The molecule has 2 heterocycles. The summed E-state index contributed by atoms with van der Waals surface area (Å²) >= 11 is 1.74. The number of hydrogen-bond acceptors (Lipinski definition) is 3. The molecule has 19 heavy (non-hydrogen) atoms. The molecule has 1 amide bonds. The molecule has 0 saturated heterocycles. The Morgan fingerprint density at radius 3 is 2.89 bits per heavy atom. The van der Waals surface area contributed by atoms with Crippen molar-refractivity contribution in [1.82, 2.24) is 9.88 Å². The number of carbonyl (C=O) groups is 1. The summed E-state index contributed by atoms with van der Waals surface area (Å²) in [4.78, 5) is 15.3. The van der Waals surface area contributed by atoms with E-state index in [1.165, 1.54) is 15.8 Å². The average Bonchev–Trinajstić information content (AvgIpc) is 2.73. The average molecular weight is 275 g/mol. The van der Waals surface area contributed by atoms with Gasteiger partial charge in [-0.2, -0.15) is 0 Å². The quantitative estimate of drug-likeness (QED) is 0.863. The van der Waals surface area contributed by atoms with Crippen molar-refractivity contribution in [2.75, 3.05) is 24.7 Å². The van der Waals surface area contributed by atoms with Crippen molar-refractivity contribution in [2.45, 2.75) is 10.9 Å². The van der Waals surface area contributed by atoms with Crippen LogP contribution in [0, 0.1) is 0 Å². The molecule has 0 spiro atoms. The van der Waals surface area contributed by atoms with Gasteiger partial charge in [0.2, 0.25) is 5.91 Å². The molecule has 1 aromatic carbocycles. The summed E-state index contributed by atoms with van der Waals surface area (Å²) in [5, 5.41) is 4.26. The number of aromatic nitrogens is 1. The molecule has 2 aromatic rings. The number of anilines is 1. The summed E-state index contributed by atoms with van der Waals surface area (Å²) in [7, 11) is 5.73. The lowest BCUT2D eigenvalue weighted by atomic mass is 10.2. The summed E-state index contributed by atoms with van der Waals surface area (Å²) in [6.45, 7) is 0. The van der Waals surface area contributed by atoms with E-state index in [1.807, 2.05) is 27.3 Å². The van der Waals surface area contributed by atoms with Crippen LogP contribution in [0.3, 0.4) is 0 Å². The molecule has 0 bridgehead atoms. The first-order valence-electron chi connectivity index (χ1n) is 6.28. The van der Waals surface area contributed by atoms with Crippen LogP contribution in [0.2, 0.25) is 0 Å². The fourth-order valence-corrected chi connectivity index (χ4v) is 3.66. The van der Waals surface area contributed by atoms with E-state index in [9.17, 15) is 4.79 Å². The van der Waals surface area contributed by atoms with Crippen LogP contribution in [0.1, 0.15) is 0 Å². The van der Waals surface area contributed by atoms with Gasteiger partial charge in [-0.15, -0.1) is 11.8 Å². The smallest absolute Gasteiger partial charge is 0.244 e. The molecule has 5 heteroatoms. The summed E-state index contributed by atoms with van der Waals surface area (Å²) < 4.78 is 2.11. The summed E-state index contributed by atoms with van der Waals surface area (Å²) in [6, 6.07) is 6.24. The van der Waals surface area contributed by atoms with Gasteiger partial charge in [0, 0.05) is 41.8 Å². The van der Waals surface area contributed by atoms with Gasteiger partial charge in [0.1, 0.15) is 0 Å². The topological polar surface area (TPSA) is 37.3 Å². The lowest BCUT2D eigenvalue weighted by Crippen LogP contribution is -2.44. The van der Waals surface area contributed by atoms with E-state index in [0.29, 0.717) is 0 Å². The lowest BCUT2D eigenvalue weighted by Gasteiger charge is -2.20. The first-order valence-corrected chi connectivity index (χ1v) is 7.27. The number of thioether (sulfide) groups is 1. The molecular weight excluding hydrogens is 258 g/mol. The van der Waals surface area contributed by atoms with Crippen LogP contribution in [-0.4, -0.2) is 36.4 Å². The van der Waals surface area contributed by atoms with Crippen molar-refractivity contribution in [3.63, 3.8) is 0 Å². The largest absolute Gasteiger partial charge is 0.351 e. The van der Waals surface area contributed by atoms with Crippen LogP contribution in [0.25, 0.3) is 10.9 Å². The van der Waals surface area contributed by atoms with E-state index in [1.54, 1.807) is 16.7 Å². The third-order valence-corrected chi connectivity index (χ3v) is 4.85. The Morgan fingerprint density at radius 1 is 1.37 bits per heavy atom. The molecule has 100 valence electrons. The molecule has 1 aromatic heterocycles. The Hall–Kier alpha value is -1.46. The van der Waals surface area contributed by atoms with E-state index in [4.69, 9.17) is 0 Å². The van der Waals surface area contributed by atoms with Gasteiger partial charge in [-0.3, -0.25) is 4.79 Å². The van der Waals surface area contributed by atoms with Gasteiger partial charge in [0.05, 0.1) is 11.7 Å². The highest BCUT2D eigenvalue weighted by molar-refractivity contribution is 7.99. The standard InChI is InChI=1S/C14H17N3OS/c1-15-10-8-19-13-7-11-9(4-5-16(11)2)6-12(13)17(3)14(10)18/h4-7,10,15H,8H2,1-3H3/t10-/m0/s1. The Balaban J connectivity index is 2.15. The highest BCUT2D eigenvalue weighted by atomic mass is 32.2. The number of nitrogens with one attached hydrogen (secondary N) is 1. The molecule has 0 saturated carbocycles. The van der Waals surface area contributed by atoms with Crippen LogP contribution in [0.5, 0.6) is 0 Å². The van der Waals surface area contributed by atoms with Crippen molar-refractivity contribution in [3.05, 3.63) is 24.4 Å². The molecular formula is C14H17N3OS. The normalized spacial score (nSPS) is 19.6. The second-order valence-corrected chi connectivity index (χ2v) is 5.92. The highest BCUT2D eigenvalue weighted by Gasteiger charge is 2.27. The molecule has 1 atom stereocenters. The Kier molecular flexibility index (Phi) is 3.03. The maximum atomic E-state index is 12.3. The Bertz CT molecular complexity index is 649. The van der Waals surface area contributed by atoms with Crippen molar-refractivity contribution in [2.24, 2.45) is 7.05 Å². The third-order valence-electron chi connectivity index (χ3n) is 3.71. The maximum Gasteiger partial charge on any atom is 0.244 e. The van der Waals surface area contributed by atoms with E-state index < -0.39 is 0 Å². The molecule has 0 fully saturated rings. The second kappa shape index (κ2) is 4.58. The van der Waals surface area contributed by atoms with E-state index in [0.717, 1.165) is 11.4 Å². The summed E-state index contributed by atoms with van der Waals surface area (Å²) in [6.07, 6.45) is 2.05. The van der Waals surface area contributed by atoms with E-state index >= 15 is 0 Å². The number of rotatable bonds is 1. The maximum absolute atomic E-state index is 12.3. The summed E-state index contributed by atoms with van der Waals surface area (Å²) in [5.74, 6) is 0.895. The number of nitrogens with zero attached hydrogens (tertiary/aromatic N) is 2. The molecule has 4 nitrogen and oxygen atoms in total. The van der Waals surface area contributed by atoms with Gasteiger partial charge in [-0.25, -0.2) is 0 Å². The minimum absolute atomic E-state index is 0.120. The van der Waals surface area contributed by atoms with Crippen LogP contribution < -0.4 is 10.2 Å². The highest BCUT2D eigenvalue weighted by Crippen LogP contribution is 2.37. The number of benzene rings is 1. The predicted octanol–water partition coefficient (Wildman–Crippen LogP) is 1.83. The van der Waals surface area contributed by atoms with Crippen LogP contribution in [-0.2, 0) is 11.8 Å². The van der Waals surface area contributed by atoms with Gasteiger partial charge in [0.25, 0.3) is 0 Å². The monoisotopic (exact) mass is 275 g/mol. The van der Waals surface area contributed by atoms with Crippen molar-refractivity contribution in [1.29, 1.82) is 0 Å². The number of fused-ring (bicyclic) bond motifs is 2. The molecule has 3 rings (SSSR count). The minimum Gasteiger partial charge on any atom is -0.351 e. The molecule has 1 aliphatic heterocycles. The van der Waals surface area contributed by atoms with Gasteiger partial charge < -0.3 is 14.8 Å². The number of likely N-dealkylation sites (N-methyl/N-ethyl adjacent to an activating group) is 2. The number of amides is 1. The van der Waals surface area contributed by atoms with Gasteiger partial charge >= 0.3 is 0 Å².